The Bertz CT molecular complexity index is 438. The highest BCUT2D eigenvalue weighted by atomic mass is 16.6. The van der Waals surface area contributed by atoms with Gasteiger partial charge in [0.05, 0.1) is 6.61 Å². The monoisotopic (exact) mass is 264 g/mol. The van der Waals surface area contributed by atoms with Gasteiger partial charge in [-0.25, -0.2) is 4.79 Å². The normalized spacial score (nSPS) is 27.4. The van der Waals surface area contributed by atoms with E-state index in [9.17, 15) is 9.90 Å². The maximum atomic E-state index is 10.8. The molecular formula is C14H20N2O3. The average Bonchev–Trinajstić information content (AvgIpc) is 2.67. The molecule has 0 aromatic heterocycles. The second-order valence-electron chi connectivity index (χ2n) is 5.28. The van der Waals surface area contributed by atoms with E-state index < -0.39 is 6.09 Å². The lowest BCUT2D eigenvalue weighted by molar-refractivity contribution is 0.0734. The third kappa shape index (κ3) is 3.24. The predicted molar refractivity (Wildman–Crippen MR) is 71.4 cm³/mol. The molecule has 0 bridgehead atoms. The number of aliphatic hydroxyl groups is 1. The number of primary amides is 1. The van der Waals surface area contributed by atoms with Crippen LogP contribution in [0, 0.1) is 0 Å². The first-order valence-corrected chi connectivity index (χ1v) is 6.39. The number of amides is 1. The Balaban J connectivity index is 2.07. The molecule has 104 valence electrons. The van der Waals surface area contributed by atoms with Gasteiger partial charge in [0.1, 0.15) is 6.10 Å². The number of likely N-dealkylation sites (tertiary alicyclic amines) is 1. The van der Waals surface area contributed by atoms with Crippen LogP contribution in [0.3, 0.4) is 0 Å². The lowest BCUT2D eigenvalue weighted by Gasteiger charge is -2.32. The van der Waals surface area contributed by atoms with E-state index in [0.717, 1.165) is 6.54 Å². The van der Waals surface area contributed by atoms with Gasteiger partial charge in [0.25, 0.3) is 0 Å². The van der Waals surface area contributed by atoms with Crippen LogP contribution in [0.1, 0.15) is 18.9 Å². The first-order valence-electron chi connectivity index (χ1n) is 6.39. The van der Waals surface area contributed by atoms with E-state index in [4.69, 9.17) is 10.5 Å². The van der Waals surface area contributed by atoms with Crippen molar-refractivity contribution in [2.75, 3.05) is 13.2 Å². The highest BCUT2D eigenvalue weighted by Gasteiger charge is 2.42. The predicted octanol–water partition coefficient (Wildman–Crippen LogP) is 1.11. The number of aliphatic hydroxyl groups excluding tert-OH is 1. The molecule has 0 unspecified atom stereocenters. The Morgan fingerprint density at radius 3 is 2.79 bits per heavy atom. The van der Waals surface area contributed by atoms with Crippen molar-refractivity contribution in [2.24, 2.45) is 5.73 Å². The summed E-state index contributed by atoms with van der Waals surface area (Å²) in [5, 5.41) is 9.61. The zero-order valence-electron chi connectivity index (χ0n) is 11.1. The Morgan fingerprint density at radius 1 is 1.53 bits per heavy atom. The quantitative estimate of drug-likeness (QED) is 0.854. The van der Waals surface area contributed by atoms with Crippen LogP contribution in [0.4, 0.5) is 4.79 Å². The summed E-state index contributed by atoms with van der Waals surface area (Å²) in [6.07, 6.45) is -0.413. The second-order valence-corrected chi connectivity index (χ2v) is 5.28. The fourth-order valence-electron chi connectivity index (χ4n) is 2.62. The lowest BCUT2D eigenvalue weighted by atomic mass is 9.99. The summed E-state index contributed by atoms with van der Waals surface area (Å²) in [5.74, 6) is 0. The summed E-state index contributed by atoms with van der Waals surface area (Å²) in [5.41, 5.74) is 5.85. The van der Waals surface area contributed by atoms with E-state index in [2.05, 4.69) is 4.90 Å². The van der Waals surface area contributed by atoms with Crippen molar-refractivity contribution in [2.45, 2.75) is 31.5 Å². The van der Waals surface area contributed by atoms with E-state index in [0.29, 0.717) is 13.0 Å². The van der Waals surface area contributed by atoms with Crippen molar-refractivity contribution in [1.82, 2.24) is 4.90 Å². The van der Waals surface area contributed by atoms with Gasteiger partial charge in [-0.1, -0.05) is 30.3 Å². The third-order valence-corrected chi connectivity index (χ3v) is 3.69. The lowest BCUT2D eigenvalue weighted by Crippen LogP contribution is -2.43. The maximum absolute atomic E-state index is 10.8. The molecule has 1 aromatic carbocycles. The molecule has 5 nitrogen and oxygen atoms in total. The van der Waals surface area contributed by atoms with Gasteiger partial charge in [-0.05, 0) is 12.5 Å². The van der Waals surface area contributed by atoms with Crippen molar-refractivity contribution in [3.8, 4) is 0 Å². The molecule has 1 amide bonds. The van der Waals surface area contributed by atoms with Crippen LogP contribution in [-0.4, -0.2) is 40.9 Å². The minimum Gasteiger partial charge on any atom is -0.445 e. The van der Waals surface area contributed by atoms with Crippen LogP contribution in [-0.2, 0) is 11.3 Å². The Hall–Kier alpha value is -1.59. The van der Waals surface area contributed by atoms with Crippen LogP contribution in [0.25, 0.3) is 0 Å². The number of hydrogen-bond donors (Lipinski definition) is 2. The van der Waals surface area contributed by atoms with Gasteiger partial charge in [0, 0.05) is 25.0 Å². The highest BCUT2D eigenvalue weighted by Crippen LogP contribution is 2.31. The second kappa shape index (κ2) is 5.59. The third-order valence-electron chi connectivity index (χ3n) is 3.69. The van der Waals surface area contributed by atoms with Gasteiger partial charge < -0.3 is 15.6 Å². The molecule has 0 saturated carbocycles. The van der Waals surface area contributed by atoms with Crippen LogP contribution in [0.5, 0.6) is 0 Å². The molecule has 1 heterocycles. The van der Waals surface area contributed by atoms with Crippen molar-refractivity contribution in [1.29, 1.82) is 0 Å². The number of nitrogens with zero attached hydrogens (tertiary/aromatic N) is 1. The molecule has 0 radical (unpaired) electrons. The smallest absolute Gasteiger partial charge is 0.404 e. The van der Waals surface area contributed by atoms with Gasteiger partial charge in [0.2, 0.25) is 0 Å². The van der Waals surface area contributed by atoms with Crippen molar-refractivity contribution in [3.05, 3.63) is 35.9 Å². The number of carbonyl (C=O) groups excluding carboxylic acids is 1. The number of hydrogen-bond acceptors (Lipinski definition) is 4. The summed E-state index contributed by atoms with van der Waals surface area (Å²) in [6.45, 7) is 3.31. The molecule has 1 aliphatic rings. The van der Waals surface area contributed by atoms with Gasteiger partial charge in [-0.2, -0.15) is 0 Å². The number of nitrogens with two attached hydrogens (primary N) is 1. The summed E-state index contributed by atoms with van der Waals surface area (Å²) in [6, 6.07) is 10.0. The van der Waals surface area contributed by atoms with Gasteiger partial charge in [-0.3, -0.25) is 4.90 Å². The fourth-order valence-corrected chi connectivity index (χ4v) is 2.62. The number of carbonyl (C=O) groups is 1. The molecule has 1 aromatic rings. The summed E-state index contributed by atoms with van der Waals surface area (Å²) in [4.78, 5) is 13.0. The maximum Gasteiger partial charge on any atom is 0.404 e. The average molecular weight is 264 g/mol. The highest BCUT2D eigenvalue weighted by molar-refractivity contribution is 5.64. The number of rotatable bonds is 4. The largest absolute Gasteiger partial charge is 0.445 e. The molecule has 1 saturated heterocycles. The van der Waals surface area contributed by atoms with Gasteiger partial charge in [-0.15, -0.1) is 0 Å². The van der Waals surface area contributed by atoms with Crippen molar-refractivity contribution >= 4 is 6.09 Å². The Morgan fingerprint density at radius 2 is 2.21 bits per heavy atom. The van der Waals surface area contributed by atoms with E-state index in [1.54, 1.807) is 0 Å². The van der Waals surface area contributed by atoms with Crippen LogP contribution >= 0.6 is 0 Å². The zero-order valence-corrected chi connectivity index (χ0v) is 11.1. The molecule has 1 aliphatic heterocycles. The van der Waals surface area contributed by atoms with Gasteiger partial charge in [0.15, 0.2) is 0 Å². The van der Waals surface area contributed by atoms with Gasteiger partial charge >= 0.3 is 6.09 Å². The Labute approximate surface area is 113 Å². The molecule has 0 spiro atoms. The van der Waals surface area contributed by atoms with Crippen molar-refractivity contribution in [3.63, 3.8) is 0 Å². The first kappa shape index (κ1) is 13.8. The van der Waals surface area contributed by atoms with Crippen LogP contribution in [0.2, 0.25) is 0 Å². The zero-order chi connectivity index (χ0) is 13.9. The molecule has 19 heavy (non-hydrogen) atoms. The Kier molecular flexibility index (Phi) is 4.07. The standard InChI is InChI=1S/C14H20N2O3/c1-14(10-17)7-12(19-13(15)18)9-16(14)8-11-5-3-2-4-6-11/h2-6,12,17H,7-10H2,1H3,(H2,15,18)/t12-,14+/m0/s1. The number of benzene rings is 1. The molecule has 2 rings (SSSR count). The molecule has 5 heteroatoms. The van der Waals surface area contributed by atoms with Crippen molar-refractivity contribution < 1.29 is 14.6 Å². The SMILES string of the molecule is C[C@]1(CO)C[C@H](OC(N)=O)CN1Cc1ccccc1. The minimum absolute atomic E-state index is 0.0262. The summed E-state index contributed by atoms with van der Waals surface area (Å²) >= 11 is 0. The fraction of sp³-hybridized carbons (Fsp3) is 0.500. The molecular weight excluding hydrogens is 244 g/mol. The summed E-state index contributed by atoms with van der Waals surface area (Å²) < 4.78 is 5.06. The van der Waals surface area contributed by atoms with Crippen LogP contribution < -0.4 is 5.73 Å². The van der Waals surface area contributed by atoms with E-state index >= 15 is 0 Å². The minimum atomic E-state index is -0.758. The summed E-state index contributed by atoms with van der Waals surface area (Å²) in [7, 11) is 0. The number of ether oxygens (including phenoxy) is 1. The van der Waals surface area contributed by atoms with E-state index in [1.807, 2.05) is 37.3 Å². The molecule has 1 fully saturated rings. The molecule has 3 N–H and O–H groups in total. The van der Waals surface area contributed by atoms with Crippen LogP contribution in [0.15, 0.2) is 30.3 Å². The molecule has 2 atom stereocenters. The molecule has 0 aliphatic carbocycles. The van der Waals surface area contributed by atoms with E-state index in [-0.39, 0.29) is 18.2 Å². The first-order chi connectivity index (χ1) is 9.03. The topological polar surface area (TPSA) is 75.8 Å². The van der Waals surface area contributed by atoms with E-state index in [1.165, 1.54) is 5.56 Å².